The van der Waals surface area contributed by atoms with Crippen molar-refractivity contribution in [3.05, 3.63) is 93.7 Å². The number of rotatable bonds is 6. The zero-order valence-electron chi connectivity index (χ0n) is 25.1. The highest BCUT2D eigenvalue weighted by Crippen LogP contribution is 2.32. The molecule has 4 rings (SSSR count). The minimum atomic E-state index is -1.53. The Labute approximate surface area is 253 Å². The van der Waals surface area contributed by atoms with E-state index in [1.165, 1.54) is 21.9 Å². The fourth-order valence-corrected chi connectivity index (χ4v) is 4.55. The molecule has 1 unspecified atom stereocenters. The predicted octanol–water partition coefficient (Wildman–Crippen LogP) is 3.88. The number of carbonyl (C=O) groups excluding carboxylic acids is 4. The molecule has 1 aromatic heterocycles. The molecule has 2 aromatic carbocycles. The fraction of sp³-hybridized carbons (Fsp3) is 0.355. The van der Waals surface area contributed by atoms with Crippen LogP contribution in [0.4, 0.5) is 9.59 Å². The lowest BCUT2D eigenvalue weighted by Gasteiger charge is -2.47. The number of aromatic amines is 1. The van der Waals surface area contributed by atoms with E-state index in [4.69, 9.17) is 18.9 Å². The van der Waals surface area contributed by atoms with Crippen LogP contribution in [-0.4, -0.2) is 76.2 Å². The molecular weight excluding hydrogens is 572 g/mol. The Hall–Kier alpha value is -5.20. The van der Waals surface area contributed by atoms with Gasteiger partial charge in [-0.25, -0.2) is 24.2 Å². The molecule has 13 heteroatoms. The molecule has 1 atom stereocenters. The van der Waals surface area contributed by atoms with Gasteiger partial charge in [0.2, 0.25) is 5.75 Å². The second kappa shape index (κ2) is 13.0. The molecule has 1 aliphatic heterocycles. The third-order valence-corrected chi connectivity index (χ3v) is 6.74. The lowest BCUT2D eigenvalue weighted by molar-refractivity contribution is -0.0260. The number of H-pyrrole nitrogens is 1. The lowest BCUT2D eigenvalue weighted by Crippen LogP contribution is -2.63. The predicted molar refractivity (Wildman–Crippen MR) is 156 cm³/mol. The zero-order valence-corrected chi connectivity index (χ0v) is 25.1. The first kappa shape index (κ1) is 31.7. The number of methoxy groups -OCH3 is 1. The highest BCUT2D eigenvalue weighted by molar-refractivity contribution is 5.94. The molecule has 44 heavy (non-hydrogen) atoms. The summed E-state index contributed by atoms with van der Waals surface area (Å²) in [5.74, 6) is -2.82. The van der Waals surface area contributed by atoms with Crippen molar-refractivity contribution >= 4 is 24.1 Å². The first-order chi connectivity index (χ1) is 20.8. The Bertz CT molecular complexity index is 1590. The van der Waals surface area contributed by atoms with Gasteiger partial charge >= 0.3 is 24.1 Å². The summed E-state index contributed by atoms with van der Waals surface area (Å²) in [5.41, 5.74) is -3.02. The van der Waals surface area contributed by atoms with E-state index in [0.717, 1.165) is 12.7 Å². The number of esters is 2. The highest BCUT2D eigenvalue weighted by Gasteiger charge is 2.47. The van der Waals surface area contributed by atoms with Crippen molar-refractivity contribution in [2.24, 2.45) is 0 Å². The van der Waals surface area contributed by atoms with Gasteiger partial charge in [0.15, 0.2) is 5.69 Å². The first-order valence-electron chi connectivity index (χ1n) is 13.8. The van der Waals surface area contributed by atoms with Crippen molar-refractivity contribution in [1.29, 1.82) is 0 Å². The SMILES string of the molecule is COC(=O)c1nc(C2(C)CN(C(=O)OC(C)(C)C)CCN2C(=O)OCc2ccccc2)[nH]c(=O)c1OC(=O)c1ccccc1. The number of nitrogens with zero attached hydrogens (tertiary/aromatic N) is 3. The van der Waals surface area contributed by atoms with Crippen LogP contribution in [-0.2, 0) is 26.4 Å². The van der Waals surface area contributed by atoms with E-state index in [1.54, 1.807) is 58.0 Å². The number of benzene rings is 2. The van der Waals surface area contributed by atoms with E-state index in [0.29, 0.717) is 0 Å². The van der Waals surface area contributed by atoms with Crippen molar-refractivity contribution in [1.82, 2.24) is 19.8 Å². The Morgan fingerprint density at radius 1 is 0.932 bits per heavy atom. The molecule has 0 bridgehead atoms. The smallest absolute Gasteiger partial charge is 0.411 e. The van der Waals surface area contributed by atoms with Crippen LogP contribution in [0.25, 0.3) is 0 Å². The van der Waals surface area contributed by atoms with E-state index >= 15 is 0 Å². The highest BCUT2D eigenvalue weighted by atomic mass is 16.6. The molecule has 1 saturated heterocycles. The van der Waals surface area contributed by atoms with Crippen LogP contribution < -0.4 is 10.3 Å². The number of hydrogen-bond donors (Lipinski definition) is 1. The fourth-order valence-electron chi connectivity index (χ4n) is 4.55. The number of aromatic nitrogens is 2. The van der Waals surface area contributed by atoms with Crippen molar-refractivity contribution < 1.29 is 38.1 Å². The van der Waals surface area contributed by atoms with E-state index in [-0.39, 0.29) is 37.6 Å². The number of amides is 2. The zero-order chi connectivity index (χ0) is 32.1. The van der Waals surface area contributed by atoms with Gasteiger partial charge in [-0.05, 0) is 45.4 Å². The molecule has 1 aliphatic rings. The molecule has 13 nitrogen and oxygen atoms in total. The molecule has 0 aliphatic carbocycles. The van der Waals surface area contributed by atoms with Crippen molar-refractivity contribution in [2.45, 2.75) is 45.4 Å². The van der Waals surface area contributed by atoms with Crippen LogP contribution in [0.15, 0.2) is 65.5 Å². The summed E-state index contributed by atoms with van der Waals surface area (Å²) in [6, 6.07) is 16.9. The summed E-state index contributed by atoms with van der Waals surface area (Å²) in [4.78, 5) is 75.1. The number of carbonyl (C=O) groups is 4. The number of ether oxygens (including phenoxy) is 4. The van der Waals surface area contributed by atoms with Gasteiger partial charge in [-0.1, -0.05) is 48.5 Å². The van der Waals surface area contributed by atoms with Crippen LogP contribution in [0.3, 0.4) is 0 Å². The monoisotopic (exact) mass is 606 g/mol. The van der Waals surface area contributed by atoms with Gasteiger partial charge < -0.3 is 28.8 Å². The summed E-state index contributed by atoms with van der Waals surface area (Å²) in [7, 11) is 1.08. The summed E-state index contributed by atoms with van der Waals surface area (Å²) < 4.78 is 21.3. The summed E-state index contributed by atoms with van der Waals surface area (Å²) >= 11 is 0. The van der Waals surface area contributed by atoms with Crippen LogP contribution in [0, 0.1) is 0 Å². The van der Waals surface area contributed by atoms with E-state index < -0.39 is 52.3 Å². The lowest BCUT2D eigenvalue weighted by atomic mass is 9.95. The van der Waals surface area contributed by atoms with Gasteiger partial charge in [0.25, 0.3) is 5.56 Å². The van der Waals surface area contributed by atoms with Gasteiger partial charge in [-0.3, -0.25) is 9.69 Å². The molecule has 0 saturated carbocycles. The molecule has 1 N–H and O–H groups in total. The third-order valence-electron chi connectivity index (χ3n) is 6.74. The van der Waals surface area contributed by atoms with Crippen LogP contribution in [0.2, 0.25) is 0 Å². The average Bonchev–Trinajstić information content (AvgIpc) is 3.00. The first-order valence-corrected chi connectivity index (χ1v) is 13.8. The Morgan fingerprint density at radius 2 is 1.57 bits per heavy atom. The van der Waals surface area contributed by atoms with Gasteiger partial charge in [0.05, 0.1) is 19.2 Å². The Kier molecular flexibility index (Phi) is 9.36. The molecule has 2 amide bonds. The van der Waals surface area contributed by atoms with E-state index in [2.05, 4.69) is 9.97 Å². The maximum Gasteiger partial charge on any atom is 0.411 e. The maximum atomic E-state index is 13.5. The van der Waals surface area contributed by atoms with E-state index in [1.807, 2.05) is 18.2 Å². The topological polar surface area (TPSA) is 157 Å². The second-order valence-corrected chi connectivity index (χ2v) is 11.2. The van der Waals surface area contributed by atoms with Crippen molar-refractivity contribution in [3.63, 3.8) is 0 Å². The third kappa shape index (κ3) is 7.22. The van der Waals surface area contributed by atoms with Crippen LogP contribution in [0.1, 0.15) is 59.9 Å². The quantitative estimate of drug-likeness (QED) is 0.323. The van der Waals surface area contributed by atoms with Crippen LogP contribution >= 0.6 is 0 Å². The van der Waals surface area contributed by atoms with Crippen molar-refractivity contribution in [3.8, 4) is 5.75 Å². The largest absolute Gasteiger partial charge is 0.464 e. The number of piperazine rings is 1. The summed E-state index contributed by atoms with van der Waals surface area (Å²) in [5, 5.41) is 0. The van der Waals surface area contributed by atoms with Crippen LogP contribution in [0.5, 0.6) is 5.75 Å². The van der Waals surface area contributed by atoms with Gasteiger partial charge in [0, 0.05) is 13.1 Å². The average molecular weight is 607 g/mol. The van der Waals surface area contributed by atoms with Gasteiger partial charge in [-0.15, -0.1) is 0 Å². The minimum Gasteiger partial charge on any atom is -0.464 e. The Morgan fingerprint density at radius 3 is 2.18 bits per heavy atom. The molecule has 3 aromatic rings. The standard InChI is InChI=1S/C31H34N4O9/c1-30(2,3)44-28(39)34-16-17-35(29(40)42-18-20-12-8-6-9-13-20)31(4,19-34)27-32-22(26(38)41-5)23(24(36)33-27)43-25(37)21-14-10-7-11-15-21/h6-15H,16-19H2,1-5H3,(H,32,33,36). The molecule has 232 valence electrons. The van der Waals surface area contributed by atoms with Gasteiger partial charge in [-0.2, -0.15) is 0 Å². The number of nitrogens with one attached hydrogen (secondary N) is 1. The molecule has 0 spiro atoms. The number of hydrogen-bond acceptors (Lipinski definition) is 10. The van der Waals surface area contributed by atoms with Crippen molar-refractivity contribution in [2.75, 3.05) is 26.7 Å². The maximum absolute atomic E-state index is 13.5. The minimum absolute atomic E-state index is 0.0224. The molecule has 2 heterocycles. The summed E-state index contributed by atoms with van der Waals surface area (Å²) in [6.07, 6.45) is -1.40. The molecule has 1 fully saturated rings. The van der Waals surface area contributed by atoms with E-state index in [9.17, 15) is 24.0 Å². The second-order valence-electron chi connectivity index (χ2n) is 11.2. The normalized spacial score (nSPS) is 16.6. The Balaban J connectivity index is 1.74. The molecule has 0 radical (unpaired) electrons. The summed E-state index contributed by atoms with van der Waals surface area (Å²) in [6.45, 7) is 6.57. The van der Waals surface area contributed by atoms with Gasteiger partial charge in [0.1, 0.15) is 23.6 Å². The molecular formula is C31H34N4O9.